The summed E-state index contributed by atoms with van der Waals surface area (Å²) in [5, 5.41) is 14.0. The molecule has 0 spiro atoms. The molecule has 2 rings (SSSR count). The van der Waals surface area contributed by atoms with E-state index in [0.29, 0.717) is 6.04 Å². The van der Waals surface area contributed by atoms with E-state index in [2.05, 4.69) is 26.1 Å². The Hall–Kier alpha value is -0.340. The van der Waals surface area contributed by atoms with E-state index in [4.69, 9.17) is 0 Å². The molecule has 2 N–H and O–H groups in total. The molecule has 2 heteroatoms. The van der Waals surface area contributed by atoms with Crippen molar-refractivity contribution in [2.45, 2.75) is 77.9 Å². The first-order chi connectivity index (χ1) is 8.59. The van der Waals surface area contributed by atoms with Crippen molar-refractivity contribution in [2.75, 3.05) is 6.54 Å². The molecule has 18 heavy (non-hydrogen) atoms. The molecule has 2 aliphatic rings. The van der Waals surface area contributed by atoms with Gasteiger partial charge in [0.15, 0.2) is 0 Å². The van der Waals surface area contributed by atoms with Crippen molar-refractivity contribution < 1.29 is 5.11 Å². The smallest absolute Gasteiger partial charge is 0.0631 e. The average Bonchev–Trinajstić information content (AvgIpc) is 2.35. The maximum Gasteiger partial charge on any atom is 0.0631 e. The van der Waals surface area contributed by atoms with E-state index in [1.165, 1.54) is 31.3 Å². The summed E-state index contributed by atoms with van der Waals surface area (Å²) in [5.41, 5.74) is 3.16. The third kappa shape index (κ3) is 2.50. The zero-order valence-corrected chi connectivity index (χ0v) is 12.3. The van der Waals surface area contributed by atoms with E-state index in [1.54, 1.807) is 5.57 Å². The van der Waals surface area contributed by atoms with Crippen molar-refractivity contribution >= 4 is 0 Å². The fourth-order valence-corrected chi connectivity index (χ4v) is 3.82. The quantitative estimate of drug-likeness (QED) is 0.593. The van der Waals surface area contributed by atoms with E-state index in [9.17, 15) is 5.11 Å². The largest absolute Gasteiger partial charge is 0.392 e. The lowest BCUT2D eigenvalue weighted by atomic mass is 9.61. The minimum atomic E-state index is -0.118. The number of aliphatic hydroxyl groups is 1. The highest BCUT2D eigenvalue weighted by Gasteiger charge is 2.43. The van der Waals surface area contributed by atoms with Crippen LogP contribution in [-0.2, 0) is 0 Å². The van der Waals surface area contributed by atoms with Crippen LogP contribution in [0, 0.1) is 5.41 Å². The summed E-state index contributed by atoms with van der Waals surface area (Å²) >= 11 is 0. The van der Waals surface area contributed by atoms with Gasteiger partial charge in [0.1, 0.15) is 0 Å². The zero-order valence-electron chi connectivity index (χ0n) is 12.3. The third-order valence-corrected chi connectivity index (χ3v) is 5.20. The van der Waals surface area contributed by atoms with E-state index >= 15 is 0 Å². The predicted molar refractivity (Wildman–Crippen MR) is 76.6 cm³/mol. The van der Waals surface area contributed by atoms with Crippen molar-refractivity contribution in [3.63, 3.8) is 0 Å². The summed E-state index contributed by atoms with van der Waals surface area (Å²) in [6, 6.07) is 0.560. The number of rotatable bonds is 4. The van der Waals surface area contributed by atoms with E-state index in [0.717, 1.165) is 25.8 Å². The molecule has 3 atom stereocenters. The molecule has 0 aromatic carbocycles. The molecule has 0 amide bonds. The third-order valence-electron chi connectivity index (χ3n) is 5.20. The highest BCUT2D eigenvalue weighted by atomic mass is 16.3. The number of unbranched alkanes of at least 4 members (excludes halogenated alkanes) is 1. The summed E-state index contributed by atoms with van der Waals surface area (Å²) in [6.07, 6.45) is 8.08. The van der Waals surface area contributed by atoms with Crippen LogP contribution in [0.15, 0.2) is 11.1 Å². The van der Waals surface area contributed by atoms with Crippen LogP contribution < -0.4 is 5.32 Å². The van der Waals surface area contributed by atoms with Gasteiger partial charge < -0.3 is 10.4 Å². The van der Waals surface area contributed by atoms with E-state index in [-0.39, 0.29) is 11.5 Å². The van der Waals surface area contributed by atoms with Gasteiger partial charge in [0, 0.05) is 11.5 Å². The average molecular weight is 251 g/mol. The van der Waals surface area contributed by atoms with Gasteiger partial charge in [0.05, 0.1) is 6.10 Å². The molecule has 0 aromatic heterocycles. The molecule has 0 radical (unpaired) electrons. The fourth-order valence-electron chi connectivity index (χ4n) is 3.82. The first-order valence-electron chi connectivity index (χ1n) is 7.71. The van der Waals surface area contributed by atoms with Crippen LogP contribution in [0.1, 0.15) is 65.7 Å². The van der Waals surface area contributed by atoms with Gasteiger partial charge in [-0.3, -0.25) is 0 Å². The van der Waals surface area contributed by atoms with Crippen molar-refractivity contribution in [3.8, 4) is 0 Å². The van der Waals surface area contributed by atoms with Gasteiger partial charge in [-0.15, -0.1) is 0 Å². The highest BCUT2D eigenvalue weighted by Crippen LogP contribution is 2.49. The monoisotopic (exact) mass is 251 g/mol. The summed E-state index contributed by atoms with van der Waals surface area (Å²) in [4.78, 5) is 0. The standard InChI is InChI=1S/C16H29NO/c1-4-5-11-17-14-9-10-16(3)13(12(14)2)7-6-8-15(16)18/h14-15,17-18H,4-11H2,1-3H3/t14?,15-,16-/m0/s1. The zero-order chi connectivity index (χ0) is 13.2. The van der Waals surface area contributed by atoms with E-state index in [1.807, 2.05) is 0 Å². The lowest BCUT2D eigenvalue weighted by Crippen LogP contribution is -2.45. The molecular weight excluding hydrogens is 222 g/mol. The lowest BCUT2D eigenvalue weighted by Gasteiger charge is -2.47. The number of aliphatic hydroxyl groups excluding tert-OH is 1. The van der Waals surface area contributed by atoms with Crippen molar-refractivity contribution in [1.82, 2.24) is 5.32 Å². The van der Waals surface area contributed by atoms with Crippen LogP contribution in [0.3, 0.4) is 0 Å². The Morgan fingerprint density at radius 1 is 1.39 bits per heavy atom. The molecule has 0 heterocycles. The maximum absolute atomic E-state index is 10.3. The van der Waals surface area contributed by atoms with Crippen molar-refractivity contribution in [1.29, 1.82) is 0 Å². The molecule has 0 aliphatic heterocycles. The van der Waals surface area contributed by atoms with E-state index < -0.39 is 0 Å². The molecule has 1 saturated carbocycles. The number of fused-ring (bicyclic) bond motifs is 1. The van der Waals surface area contributed by atoms with Crippen LogP contribution in [0.2, 0.25) is 0 Å². The topological polar surface area (TPSA) is 32.3 Å². The first-order valence-corrected chi connectivity index (χ1v) is 7.71. The Bertz CT molecular complexity index is 323. The Labute approximate surface area is 112 Å². The summed E-state index contributed by atoms with van der Waals surface area (Å²) < 4.78 is 0. The number of hydrogen-bond donors (Lipinski definition) is 2. The van der Waals surface area contributed by atoms with Gasteiger partial charge in [-0.2, -0.15) is 0 Å². The SMILES string of the molecule is CCCCNC1CC[C@@]2(C)C(=C1C)CCC[C@@H]2O. The van der Waals surface area contributed by atoms with Gasteiger partial charge in [-0.05, 0) is 52.0 Å². The van der Waals surface area contributed by atoms with Crippen LogP contribution in [-0.4, -0.2) is 23.8 Å². The Morgan fingerprint density at radius 3 is 2.89 bits per heavy atom. The van der Waals surface area contributed by atoms with Crippen LogP contribution in [0.4, 0.5) is 0 Å². The minimum absolute atomic E-state index is 0.0747. The van der Waals surface area contributed by atoms with Crippen LogP contribution in [0.5, 0.6) is 0 Å². The molecule has 2 aliphatic carbocycles. The van der Waals surface area contributed by atoms with Gasteiger partial charge in [0.2, 0.25) is 0 Å². The van der Waals surface area contributed by atoms with Crippen molar-refractivity contribution in [3.05, 3.63) is 11.1 Å². The van der Waals surface area contributed by atoms with Gasteiger partial charge in [-0.25, -0.2) is 0 Å². The van der Waals surface area contributed by atoms with Crippen LogP contribution >= 0.6 is 0 Å². The molecular formula is C16H29NO. The second-order valence-electron chi connectivity index (χ2n) is 6.39. The molecule has 2 nitrogen and oxygen atoms in total. The summed E-state index contributed by atoms with van der Waals surface area (Å²) in [5.74, 6) is 0. The molecule has 0 bridgehead atoms. The molecule has 1 unspecified atom stereocenters. The van der Waals surface area contributed by atoms with Crippen LogP contribution in [0.25, 0.3) is 0 Å². The Kier molecular flexibility index (Phi) is 4.50. The normalized spacial score (nSPS) is 36.7. The molecule has 1 fully saturated rings. The lowest BCUT2D eigenvalue weighted by molar-refractivity contribution is 0.0222. The number of hydrogen-bond acceptors (Lipinski definition) is 2. The summed E-state index contributed by atoms with van der Waals surface area (Å²) in [7, 11) is 0. The highest BCUT2D eigenvalue weighted by molar-refractivity contribution is 5.30. The van der Waals surface area contributed by atoms with Gasteiger partial charge in [0.25, 0.3) is 0 Å². The van der Waals surface area contributed by atoms with Crippen molar-refractivity contribution in [2.24, 2.45) is 5.41 Å². The first kappa shape index (κ1) is 14.1. The molecule has 104 valence electrons. The maximum atomic E-state index is 10.3. The second-order valence-corrected chi connectivity index (χ2v) is 6.39. The molecule has 0 aromatic rings. The number of nitrogens with one attached hydrogen (secondary N) is 1. The van der Waals surface area contributed by atoms with Gasteiger partial charge >= 0.3 is 0 Å². The summed E-state index contributed by atoms with van der Waals surface area (Å²) in [6.45, 7) is 7.93. The minimum Gasteiger partial charge on any atom is -0.392 e. The Balaban J connectivity index is 2.11. The fraction of sp³-hybridized carbons (Fsp3) is 0.875. The van der Waals surface area contributed by atoms with Gasteiger partial charge in [-0.1, -0.05) is 31.4 Å². The second kappa shape index (κ2) is 5.75. The predicted octanol–water partition coefficient (Wildman–Crippen LogP) is 3.41. The Morgan fingerprint density at radius 2 is 2.17 bits per heavy atom. The molecule has 0 saturated heterocycles.